The molecular weight excluding hydrogens is 300 g/mol. The molecule has 22 heavy (non-hydrogen) atoms. The minimum Gasteiger partial charge on any atom is -0.492 e. The molecule has 3 rings (SSSR count). The van der Waals surface area contributed by atoms with Crippen LogP contribution in [-0.4, -0.2) is 21.6 Å². The molecule has 1 aliphatic rings. The highest BCUT2D eigenvalue weighted by molar-refractivity contribution is 7.92. The third-order valence-corrected chi connectivity index (χ3v) is 4.89. The number of nitrogens with one attached hydrogen (secondary N) is 2. The van der Waals surface area contributed by atoms with E-state index in [1.165, 1.54) is 0 Å². The molecule has 0 saturated carbocycles. The van der Waals surface area contributed by atoms with Gasteiger partial charge >= 0.3 is 0 Å². The van der Waals surface area contributed by atoms with E-state index < -0.39 is 10.0 Å². The van der Waals surface area contributed by atoms with Crippen LogP contribution in [-0.2, 0) is 16.4 Å². The summed E-state index contributed by atoms with van der Waals surface area (Å²) in [6, 6.07) is 12.2. The Labute approximate surface area is 130 Å². The molecule has 0 bridgehead atoms. The lowest BCUT2D eigenvalue weighted by Crippen LogP contribution is -2.14. The molecular formula is C16H18N2O3S. The number of ether oxygens (including phenoxy) is 1. The van der Waals surface area contributed by atoms with Gasteiger partial charge in [-0.15, -0.1) is 0 Å². The molecule has 2 N–H and O–H groups in total. The zero-order valence-electron chi connectivity index (χ0n) is 12.3. The van der Waals surface area contributed by atoms with Crippen molar-refractivity contribution >= 4 is 21.4 Å². The maximum absolute atomic E-state index is 12.6. The molecule has 0 aliphatic carbocycles. The molecule has 0 aromatic heterocycles. The highest BCUT2D eigenvalue weighted by Gasteiger charge is 2.19. The van der Waals surface area contributed by atoms with E-state index in [4.69, 9.17) is 4.74 Å². The second kappa shape index (κ2) is 5.88. The number of sulfonamides is 1. The van der Waals surface area contributed by atoms with Gasteiger partial charge in [0.05, 0.1) is 17.2 Å². The molecule has 1 heterocycles. The summed E-state index contributed by atoms with van der Waals surface area (Å²) >= 11 is 0. The largest absolute Gasteiger partial charge is 0.492 e. The van der Waals surface area contributed by atoms with Gasteiger partial charge in [-0.1, -0.05) is 12.1 Å². The topological polar surface area (TPSA) is 67.4 Å². The molecule has 1 aliphatic heterocycles. The molecule has 6 heteroatoms. The van der Waals surface area contributed by atoms with Crippen LogP contribution in [0.25, 0.3) is 0 Å². The third-order valence-electron chi connectivity index (χ3n) is 3.53. The van der Waals surface area contributed by atoms with Gasteiger partial charge in [0.25, 0.3) is 10.0 Å². The molecule has 0 saturated heterocycles. The van der Waals surface area contributed by atoms with Crippen LogP contribution < -0.4 is 14.8 Å². The van der Waals surface area contributed by atoms with Gasteiger partial charge < -0.3 is 10.1 Å². The number of hydrogen-bond acceptors (Lipinski definition) is 4. The summed E-state index contributed by atoms with van der Waals surface area (Å²) in [6.07, 6.45) is 0.841. The van der Waals surface area contributed by atoms with Crippen molar-refractivity contribution in [1.29, 1.82) is 0 Å². The molecule has 0 radical (unpaired) electrons. The van der Waals surface area contributed by atoms with Gasteiger partial charge in [-0.3, -0.25) is 4.72 Å². The van der Waals surface area contributed by atoms with Crippen molar-refractivity contribution in [3.63, 3.8) is 0 Å². The summed E-state index contributed by atoms with van der Waals surface area (Å²) in [5, 5.41) is 3.22. The first kappa shape index (κ1) is 14.7. The first-order valence-corrected chi connectivity index (χ1v) is 8.70. The average Bonchev–Trinajstić information content (AvgIpc) is 2.97. The van der Waals surface area contributed by atoms with Crippen LogP contribution in [0.15, 0.2) is 47.4 Å². The number of rotatable bonds is 5. The summed E-state index contributed by atoms with van der Waals surface area (Å²) in [6.45, 7) is 3.18. The van der Waals surface area contributed by atoms with Gasteiger partial charge in [0.1, 0.15) is 5.75 Å². The second-order valence-corrected chi connectivity index (χ2v) is 6.71. The minimum absolute atomic E-state index is 0.265. The van der Waals surface area contributed by atoms with Gasteiger partial charge in [0, 0.05) is 12.2 Å². The van der Waals surface area contributed by atoms with Crippen LogP contribution in [0.2, 0.25) is 0 Å². The third kappa shape index (κ3) is 2.87. The van der Waals surface area contributed by atoms with Gasteiger partial charge in [0.15, 0.2) is 0 Å². The van der Waals surface area contributed by atoms with Crippen LogP contribution >= 0.6 is 0 Å². The van der Waals surface area contributed by atoms with Crippen molar-refractivity contribution in [2.45, 2.75) is 18.2 Å². The van der Waals surface area contributed by atoms with Crippen LogP contribution in [0.5, 0.6) is 5.75 Å². The number of benzene rings is 2. The first-order valence-electron chi connectivity index (χ1n) is 7.21. The summed E-state index contributed by atoms with van der Waals surface area (Å²) in [7, 11) is -3.63. The predicted molar refractivity (Wildman–Crippen MR) is 87.1 cm³/mol. The zero-order chi connectivity index (χ0) is 15.6. The van der Waals surface area contributed by atoms with Crippen molar-refractivity contribution in [2.75, 3.05) is 23.2 Å². The molecule has 5 nitrogen and oxygen atoms in total. The lowest BCUT2D eigenvalue weighted by molar-refractivity contribution is 0.342. The molecule has 116 valence electrons. The van der Waals surface area contributed by atoms with Crippen molar-refractivity contribution < 1.29 is 13.2 Å². The van der Waals surface area contributed by atoms with Gasteiger partial charge in [-0.2, -0.15) is 0 Å². The molecule has 0 amide bonds. The van der Waals surface area contributed by atoms with E-state index in [-0.39, 0.29) is 4.90 Å². The highest BCUT2D eigenvalue weighted by atomic mass is 32.2. The normalized spacial score (nSPS) is 13.3. The standard InChI is InChI=1S/C16H18N2O3S/c1-2-21-16-6-4-3-5-15(16)18-22(19,20)13-7-8-14-12(11-13)9-10-17-14/h3-8,11,17-18H,2,9-10H2,1H3. The molecule has 2 aromatic rings. The Morgan fingerprint density at radius 1 is 1.23 bits per heavy atom. The Balaban J connectivity index is 1.91. The van der Waals surface area contributed by atoms with Gasteiger partial charge in [0.2, 0.25) is 0 Å². The van der Waals surface area contributed by atoms with E-state index in [9.17, 15) is 8.42 Å². The summed E-state index contributed by atoms with van der Waals surface area (Å²) in [5.41, 5.74) is 2.48. The predicted octanol–water partition coefficient (Wildman–Crippen LogP) is 2.85. The quantitative estimate of drug-likeness (QED) is 0.889. The lowest BCUT2D eigenvalue weighted by atomic mass is 10.2. The van der Waals surface area contributed by atoms with E-state index in [1.54, 1.807) is 30.3 Å². The van der Waals surface area contributed by atoms with Gasteiger partial charge in [-0.05, 0) is 49.2 Å². The summed E-state index contributed by atoms with van der Waals surface area (Å²) in [4.78, 5) is 0.265. The van der Waals surface area contributed by atoms with Crippen LogP contribution in [0.1, 0.15) is 12.5 Å². The molecule has 0 atom stereocenters. The number of para-hydroxylation sites is 2. The van der Waals surface area contributed by atoms with Crippen molar-refractivity contribution in [2.24, 2.45) is 0 Å². The Bertz CT molecular complexity index is 788. The van der Waals surface area contributed by atoms with Crippen LogP contribution in [0.4, 0.5) is 11.4 Å². The minimum atomic E-state index is -3.63. The van der Waals surface area contributed by atoms with Crippen molar-refractivity contribution in [1.82, 2.24) is 0 Å². The summed E-state index contributed by atoms with van der Waals surface area (Å²) < 4.78 is 33.2. The van der Waals surface area contributed by atoms with E-state index in [0.717, 1.165) is 24.2 Å². The Hall–Kier alpha value is -2.21. The average molecular weight is 318 g/mol. The second-order valence-electron chi connectivity index (χ2n) is 5.03. The Morgan fingerprint density at radius 3 is 2.86 bits per heavy atom. The van der Waals surface area contributed by atoms with E-state index >= 15 is 0 Å². The summed E-state index contributed by atoms with van der Waals surface area (Å²) in [5.74, 6) is 0.524. The van der Waals surface area contributed by atoms with E-state index in [2.05, 4.69) is 10.0 Å². The zero-order valence-corrected chi connectivity index (χ0v) is 13.1. The molecule has 0 unspecified atom stereocenters. The maximum atomic E-state index is 12.6. The fraction of sp³-hybridized carbons (Fsp3) is 0.250. The number of anilines is 2. The monoisotopic (exact) mass is 318 g/mol. The smallest absolute Gasteiger partial charge is 0.262 e. The highest BCUT2D eigenvalue weighted by Crippen LogP contribution is 2.29. The molecule has 0 spiro atoms. The molecule has 2 aromatic carbocycles. The Morgan fingerprint density at radius 2 is 2.05 bits per heavy atom. The fourth-order valence-electron chi connectivity index (χ4n) is 2.48. The first-order chi connectivity index (χ1) is 10.6. The van der Waals surface area contributed by atoms with Gasteiger partial charge in [-0.25, -0.2) is 8.42 Å². The Kier molecular flexibility index (Phi) is 3.94. The fourth-order valence-corrected chi connectivity index (χ4v) is 3.60. The SMILES string of the molecule is CCOc1ccccc1NS(=O)(=O)c1ccc2c(c1)CCN2. The van der Waals surface area contributed by atoms with Crippen LogP contribution in [0.3, 0.4) is 0 Å². The van der Waals surface area contributed by atoms with E-state index in [1.807, 2.05) is 19.1 Å². The van der Waals surface area contributed by atoms with E-state index in [0.29, 0.717) is 18.0 Å². The van der Waals surface area contributed by atoms with Crippen molar-refractivity contribution in [3.05, 3.63) is 48.0 Å². The van der Waals surface area contributed by atoms with Crippen molar-refractivity contribution in [3.8, 4) is 5.75 Å². The number of fused-ring (bicyclic) bond motifs is 1. The number of hydrogen-bond donors (Lipinski definition) is 2. The molecule has 0 fully saturated rings. The lowest BCUT2D eigenvalue weighted by Gasteiger charge is -2.13. The maximum Gasteiger partial charge on any atom is 0.262 e. The van der Waals surface area contributed by atoms with Crippen LogP contribution in [0, 0.1) is 0 Å².